The van der Waals surface area contributed by atoms with E-state index in [0.717, 1.165) is 5.56 Å². The number of methoxy groups -OCH3 is 1. The van der Waals surface area contributed by atoms with Gasteiger partial charge in [0, 0.05) is 31.9 Å². The number of rotatable bonds is 6. The van der Waals surface area contributed by atoms with Crippen LogP contribution in [0.1, 0.15) is 62.4 Å². The van der Waals surface area contributed by atoms with Crippen LogP contribution in [0.5, 0.6) is 11.5 Å². The Labute approximate surface area is 320 Å². The second-order valence-electron chi connectivity index (χ2n) is 13.9. The van der Waals surface area contributed by atoms with Gasteiger partial charge in [-0.3, -0.25) is 28.8 Å². The lowest BCUT2D eigenvalue weighted by Crippen LogP contribution is -2.57. The number of aromatic amines is 1. The van der Waals surface area contributed by atoms with Gasteiger partial charge in [0.1, 0.15) is 29.1 Å². The molecule has 0 aliphatic carbocycles. The van der Waals surface area contributed by atoms with Crippen molar-refractivity contribution in [3.05, 3.63) is 82.1 Å². The minimum atomic E-state index is -1.28. The normalized spacial score (nSPS) is 19.1. The molecule has 3 aromatic rings. The van der Waals surface area contributed by atoms with Gasteiger partial charge in [-0.25, -0.2) is 0 Å². The zero-order valence-electron chi connectivity index (χ0n) is 31.8. The fourth-order valence-corrected chi connectivity index (χ4v) is 6.05. The largest absolute Gasteiger partial charge is 0.497 e. The summed E-state index contributed by atoms with van der Waals surface area (Å²) in [5.41, 5.74) is 1.28. The molecule has 0 saturated heterocycles. The Morgan fingerprint density at radius 1 is 0.873 bits per heavy atom. The number of carbonyl (C=O) groups excluding carboxylic acids is 5. The monoisotopic (exact) mass is 760 g/mol. The number of fused-ring (bicyclic) bond motifs is 2. The second-order valence-corrected chi connectivity index (χ2v) is 13.9. The first-order chi connectivity index (χ1) is 26.3. The Morgan fingerprint density at radius 3 is 2.29 bits per heavy atom. The van der Waals surface area contributed by atoms with Crippen LogP contribution < -0.4 is 36.3 Å². The molecule has 0 saturated carbocycles. The number of hydrogen-bond acceptors (Lipinski definition) is 9. The Bertz CT molecular complexity index is 1840. The van der Waals surface area contributed by atoms with Gasteiger partial charge in [0.05, 0.1) is 19.6 Å². The molecule has 1 aliphatic heterocycles. The van der Waals surface area contributed by atoms with Crippen LogP contribution in [0.2, 0.25) is 0 Å². The third-order valence-corrected chi connectivity index (χ3v) is 8.96. The molecule has 0 radical (unpaired) electrons. The van der Waals surface area contributed by atoms with Gasteiger partial charge in [0.2, 0.25) is 17.7 Å². The lowest BCUT2D eigenvalue weighted by atomic mass is 10.0. The second kappa shape index (κ2) is 20.7. The highest BCUT2D eigenvalue weighted by Gasteiger charge is 2.30. The van der Waals surface area contributed by atoms with Crippen LogP contribution in [0.25, 0.3) is 11.3 Å². The minimum Gasteiger partial charge on any atom is -0.497 e. The number of nitrogens with one attached hydrogen (secondary N) is 5. The van der Waals surface area contributed by atoms with E-state index in [9.17, 15) is 33.9 Å². The first kappa shape index (κ1) is 42.0. The van der Waals surface area contributed by atoms with Crippen molar-refractivity contribution in [2.75, 3.05) is 39.9 Å². The van der Waals surface area contributed by atoms with Crippen LogP contribution in [0.15, 0.2) is 65.5 Å². The first-order valence-corrected chi connectivity index (χ1v) is 18.6. The van der Waals surface area contributed by atoms with Gasteiger partial charge < -0.3 is 45.7 Å². The molecule has 296 valence electrons. The summed E-state index contributed by atoms with van der Waals surface area (Å²) >= 11 is 0. The van der Waals surface area contributed by atoms with Crippen molar-refractivity contribution in [1.82, 2.24) is 31.2 Å². The number of H-pyrrole nitrogens is 1. The van der Waals surface area contributed by atoms with Gasteiger partial charge in [-0.05, 0) is 98.2 Å². The number of benzene rings is 2. The van der Waals surface area contributed by atoms with Gasteiger partial charge in [0.15, 0.2) is 6.61 Å². The molecule has 0 fully saturated rings. The van der Waals surface area contributed by atoms with Crippen molar-refractivity contribution >= 4 is 29.5 Å². The van der Waals surface area contributed by atoms with Gasteiger partial charge in [0.25, 0.3) is 17.4 Å². The lowest BCUT2D eigenvalue weighted by molar-refractivity contribution is -0.134. The molecule has 2 heterocycles. The molecule has 0 spiro atoms. The maximum absolute atomic E-state index is 13.7. The summed E-state index contributed by atoms with van der Waals surface area (Å²) < 4.78 is 10.9. The Hall–Kier alpha value is -5.70. The van der Waals surface area contributed by atoms with Crippen LogP contribution in [0.4, 0.5) is 0 Å². The smallest absolute Gasteiger partial charge is 0.261 e. The van der Waals surface area contributed by atoms with E-state index in [2.05, 4.69) is 26.3 Å². The standard InChI is InChI=1S/C40H52N6O9/c1-25(2)21-33-38(51)45-36(26(3)47)39(52)42-17-5-6-19-46(40(53)31-15-16-32(44-37(31)50)28-11-13-29(54-4)14-12-28)20-8-18-41-35(49)24-55-30-10-7-9-27(22-30)23-34(48)43-33/h7,9-16,22,25-26,33,36,47H,5-6,8,17-21,23-24H2,1-4H3,(H,41,49)(H,42,52)(H,43,48)(H,44,50)(H,45,51)/t26-,33-,36+/m1/s1. The van der Waals surface area contributed by atoms with E-state index in [0.29, 0.717) is 42.0 Å². The maximum Gasteiger partial charge on any atom is 0.261 e. The van der Waals surface area contributed by atoms with Crippen LogP contribution in [-0.2, 0) is 25.6 Å². The molecular weight excluding hydrogens is 708 g/mol. The van der Waals surface area contributed by atoms with Crippen molar-refractivity contribution in [2.24, 2.45) is 5.92 Å². The van der Waals surface area contributed by atoms with Gasteiger partial charge in [-0.2, -0.15) is 0 Å². The van der Waals surface area contributed by atoms with Crippen molar-refractivity contribution in [1.29, 1.82) is 0 Å². The molecule has 2 aromatic carbocycles. The lowest BCUT2D eigenvalue weighted by Gasteiger charge is -2.26. The molecule has 1 aromatic heterocycles. The van der Waals surface area contributed by atoms with Crippen LogP contribution in [0, 0.1) is 5.92 Å². The van der Waals surface area contributed by atoms with Gasteiger partial charge in [-0.1, -0.05) is 26.0 Å². The molecular formula is C40H52N6O9. The topological polar surface area (TPSA) is 208 Å². The average molecular weight is 761 g/mol. The van der Waals surface area contributed by atoms with E-state index < -0.39 is 47.4 Å². The molecule has 55 heavy (non-hydrogen) atoms. The molecule has 3 atom stereocenters. The first-order valence-electron chi connectivity index (χ1n) is 18.6. The van der Waals surface area contributed by atoms with Crippen molar-refractivity contribution in [3.63, 3.8) is 0 Å². The van der Waals surface area contributed by atoms with E-state index in [1.807, 2.05) is 13.8 Å². The van der Waals surface area contributed by atoms with Crippen molar-refractivity contribution in [2.45, 2.75) is 71.1 Å². The van der Waals surface area contributed by atoms with Crippen LogP contribution in [-0.4, -0.2) is 103 Å². The summed E-state index contributed by atoms with van der Waals surface area (Å²) in [6, 6.07) is 14.7. The average Bonchev–Trinajstić information content (AvgIpc) is 3.15. The number of hydrogen-bond donors (Lipinski definition) is 6. The number of aromatic nitrogens is 1. The summed E-state index contributed by atoms with van der Waals surface area (Å²) in [6.07, 6.45) is 0.249. The zero-order valence-corrected chi connectivity index (χ0v) is 31.8. The molecule has 4 rings (SSSR count). The molecule has 6 N–H and O–H groups in total. The SMILES string of the molecule is COc1ccc(-c2ccc(C(=O)N3CCCCNC(=O)[C@H]([C@@H](C)O)NC(=O)[C@@H](CC(C)C)NC(=O)Cc4cccc(c4)OCC(=O)NCCC3)c(=O)[nH]2)cc1. The van der Waals surface area contributed by atoms with E-state index in [1.165, 1.54) is 17.9 Å². The summed E-state index contributed by atoms with van der Waals surface area (Å²) in [5.74, 6) is -1.44. The van der Waals surface area contributed by atoms with E-state index in [4.69, 9.17) is 9.47 Å². The summed E-state index contributed by atoms with van der Waals surface area (Å²) in [4.78, 5) is 83.5. The number of amides is 5. The predicted octanol–water partition coefficient (Wildman–Crippen LogP) is 1.93. The number of pyridine rings is 1. The quantitative estimate of drug-likeness (QED) is 0.217. The highest BCUT2D eigenvalue weighted by Crippen LogP contribution is 2.20. The molecule has 15 nitrogen and oxygen atoms in total. The highest BCUT2D eigenvalue weighted by molar-refractivity contribution is 5.94. The number of aliphatic hydroxyl groups is 1. The zero-order chi connectivity index (χ0) is 39.9. The maximum atomic E-state index is 13.7. The van der Waals surface area contributed by atoms with Gasteiger partial charge >= 0.3 is 0 Å². The minimum absolute atomic E-state index is 0.0214. The predicted molar refractivity (Wildman–Crippen MR) is 205 cm³/mol. The fourth-order valence-electron chi connectivity index (χ4n) is 6.05. The third kappa shape index (κ3) is 13.0. The number of ether oxygens (including phenoxy) is 2. The molecule has 0 unspecified atom stereocenters. The molecule has 1 aliphatic rings. The fraction of sp³-hybridized carbons (Fsp3) is 0.450. The van der Waals surface area contributed by atoms with Crippen molar-refractivity contribution in [3.8, 4) is 22.8 Å². The van der Waals surface area contributed by atoms with Crippen LogP contribution in [0.3, 0.4) is 0 Å². The van der Waals surface area contributed by atoms with Crippen molar-refractivity contribution < 1.29 is 38.6 Å². The molecule has 5 amide bonds. The number of carbonyl (C=O) groups is 5. The third-order valence-electron chi connectivity index (χ3n) is 8.96. The molecule has 2 bridgehead atoms. The Morgan fingerprint density at radius 2 is 1.60 bits per heavy atom. The number of aliphatic hydroxyl groups excluding tert-OH is 1. The van der Waals surface area contributed by atoms with E-state index in [1.54, 1.807) is 61.7 Å². The highest BCUT2D eigenvalue weighted by atomic mass is 16.5. The Kier molecular flexibility index (Phi) is 15.8. The summed E-state index contributed by atoms with van der Waals surface area (Å²) in [7, 11) is 1.56. The number of nitrogens with zero attached hydrogens (tertiary/aromatic N) is 1. The van der Waals surface area contributed by atoms with Crippen LogP contribution >= 0.6 is 0 Å². The van der Waals surface area contributed by atoms with E-state index in [-0.39, 0.29) is 63.0 Å². The molecule has 15 heteroatoms. The van der Waals surface area contributed by atoms with E-state index >= 15 is 0 Å². The van der Waals surface area contributed by atoms with Gasteiger partial charge in [-0.15, -0.1) is 0 Å². The summed E-state index contributed by atoms with van der Waals surface area (Å²) in [5, 5.41) is 21.3. The Balaban J connectivity index is 1.51. The summed E-state index contributed by atoms with van der Waals surface area (Å²) in [6.45, 7) is 5.79.